The standard InChI is InChI=1S/C37H56NO3/c1-32(2)17-19-37-20-18-35(6)25(30(37)31(32)40-24-37)11-12-27-34(5)15-14-28(33(3,4)26(34)13-16-36(27,35)7)41-29(39)23-38-21-9-8-10-22-38/h8-10,21-22,25-28,30-31H,11-20,23-24H2,1-7H3/q+1/t25-,26+,27-,28?,30-,31-,34+,35-,36-,37-/m1/s1. The van der Waals surface area contributed by atoms with Gasteiger partial charge >= 0.3 is 5.97 Å². The van der Waals surface area contributed by atoms with Crippen molar-refractivity contribution in [2.24, 2.45) is 56.2 Å². The summed E-state index contributed by atoms with van der Waals surface area (Å²) in [6.07, 6.45) is 17.3. The minimum absolute atomic E-state index is 0.000418. The van der Waals surface area contributed by atoms with E-state index in [4.69, 9.17) is 9.47 Å². The van der Waals surface area contributed by atoms with Crippen LogP contribution in [-0.4, -0.2) is 24.8 Å². The first-order valence-corrected chi connectivity index (χ1v) is 17.0. The van der Waals surface area contributed by atoms with Crippen molar-refractivity contribution in [1.29, 1.82) is 0 Å². The fraction of sp³-hybridized carbons (Fsp3) is 0.838. The Kier molecular flexibility index (Phi) is 6.26. The molecule has 0 amide bonds. The van der Waals surface area contributed by atoms with Gasteiger partial charge in [-0.3, -0.25) is 0 Å². The largest absolute Gasteiger partial charge is 0.457 e. The molecule has 6 fully saturated rings. The van der Waals surface area contributed by atoms with Crippen molar-refractivity contribution in [2.45, 2.75) is 131 Å². The Labute approximate surface area is 249 Å². The predicted molar refractivity (Wildman–Crippen MR) is 161 cm³/mol. The fourth-order valence-corrected chi connectivity index (χ4v) is 13.0. The van der Waals surface area contributed by atoms with Crippen LogP contribution in [0.25, 0.3) is 0 Å². The lowest BCUT2D eigenvalue weighted by Crippen LogP contribution is -2.68. The molecule has 4 nitrogen and oxygen atoms in total. The molecule has 41 heavy (non-hydrogen) atoms. The summed E-state index contributed by atoms with van der Waals surface area (Å²) in [6, 6.07) is 5.92. The van der Waals surface area contributed by atoms with Crippen LogP contribution in [-0.2, 0) is 20.8 Å². The van der Waals surface area contributed by atoms with E-state index >= 15 is 0 Å². The smallest absolute Gasteiger partial charge is 0.372 e. The van der Waals surface area contributed by atoms with Gasteiger partial charge in [-0.2, -0.15) is 4.57 Å². The van der Waals surface area contributed by atoms with Crippen molar-refractivity contribution in [3.63, 3.8) is 0 Å². The second-order valence-corrected chi connectivity index (χ2v) is 17.7. The number of pyridine rings is 1. The van der Waals surface area contributed by atoms with Gasteiger partial charge in [0.1, 0.15) is 6.10 Å². The number of hydrogen-bond donors (Lipinski definition) is 0. The Morgan fingerprint density at radius 3 is 2.29 bits per heavy atom. The van der Waals surface area contributed by atoms with Gasteiger partial charge in [-0.25, -0.2) is 4.79 Å². The van der Waals surface area contributed by atoms with Crippen LogP contribution in [0.5, 0.6) is 0 Å². The molecule has 1 saturated heterocycles. The second kappa shape index (κ2) is 9.05. The third kappa shape index (κ3) is 3.80. The monoisotopic (exact) mass is 562 g/mol. The molecular weight excluding hydrogens is 506 g/mol. The molecule has 10 atom stereocenters. The summed E-state index contributed by atoms with van der Waals surface area (Å²) in [6.45, 7) is 19.3. The van der Waals surface area contributed by atoms with Crippen LogP contribution in [0.15, 0.2) is 30.6 Å². The van der Waals surface area contributed by atoms with Gasteiger partial charge in [-0.1, -0.05) is 54.5 Å². The maximum absolute atomic E-state index is 13.1. The van der Waals surface area contributed by atoms with Crippen LogP contribution in [0, 0.1) is 56.2 Å². The molecule has 0 N–H and O–H groups in total. The first kappa shape index (κ1) is 28.4. The van der Waals surface area contributed by atoms with Gasteiger partial charge in [-0.05, 0) is 115 Å². The number of carbonyl (C=O) groups excluding carboxylic acids is 1. The Morgan fingerprint density at radius 1 is 0.805 bits per heavy atom. The summed E-state index contributed by atoms with van der Waals surface area (Å²) in [4.78, 5) is 13.1. The van der Waals surface area contributed by atoms with E-state index < -0.39 is 0 Å². The molecule has 5 saturated carbocycles. The highest BCUT2D eigenvalue weighted by Gasteiger charge is 2.72. The van der Waals surface area contributed by atoms with E-state index in [1.807, 2.05) is 35.2 Å². The highest BCUT2D eigenvalue weighted by atomic mass is 16.5. The normalized spacial score (nSPS) is 49.1. The summed E-state index contributed by atoms with van der Waals surface area (Å²) in [7, 11) is 0. The van der Waals surface area contributed by atoms with E-state index in [0.29, 0.717) is 45.6 Å². The minimum Gasteiger partial charge on any atom is -0.457 e. The molecule has 2 bridgehead atoms. The van der Waals surface area contributed by atoms with Gasteiger partial charge in [0.2, 0.25) is 6.54 Å². The molecule has 5 aliphatic carbocycles. The van der Waals surface area contributed by atoms with Crippen LogP contribution in [0.4, 0.5) is 0 Å². The van der Waals surface area contributed by atoms with Crippen molar-refractivity contribution in [3.05, 3.63) is 30.6 Å². The second-order valence-electron chi connectivity index (χ2n) is 17.7. The lowest BCUT2D eigenvalue weighted by Gasteiger charge is -2.73. The van der Waals surface area contributed by atoms with Crippen molar-refractivity contribution >= 4 is 5.97 Å². The van der Waals surface area contributed by atoms with Gasteiger partial charge in [0.05, 0.1) is 12.7 Å². The van der Waals surface area contributed by atoms with E-state index in [0.717, 1.165) is 30.8 Å². The number of esters is 1. The van der Waals surface area contributed by atoms with Gasteiger partial charge in [0.15, 0.2) is 12.4 Å². The fourth-order valence-electron chi connectivity index (χ4n) is 13.0. The third-order valence-electron chi connectivity index (χ3n) is 15.4. The van der Waals surface area contributed by atoms with Crippen molar-refractivity contribution in [2.75, 3.05) is 6.61 Å². The van der Waals surface area contributed by atoms with Crippen molar-refractivity contribution in [3.8, 4) is 0 Å². The Balaban J connectivity index is 1.14. The number of hydrogen-bond acceptors (Lipinski definition) is 3. The van der Waals surface area contributed by atoms with Gasteiger partial charge in [-0.15, -0.1) is 0 Å². The van der Waals surface area contributed by atoms with E-state index in [1.54, 1.807) is 0 Å². The van der Waals surface area contributed by atoms with Crippen LogP contribution in [0.2, 0.25) is 0 Å². The highest BCUT2D eigenvalue weighted by molar-refractivity contribution is 5.68. The Bertz CT molecular complexity index is 1190. The van der Waals surface area contributed by atoms with Crippen molar-refractivity contribution < 1.29 is 18.8 Å². The summed E-state index contributed by atoms with van der Waals surface area (Å²) in [5.74, 6) is 2.79. The molecule has 1 aliphatic heterocycles. The average molecular weight is 563 g/mol. The molecule has 0 aromatic carbocycles. The van der Waals surface area contributed by atoms with Crippen LogP contribution >= 0.6 is 0 Å². The predicted octanol–water partition coefficient (Wildman–Crippen LogP) is 7.78. The lowest BCUT2D eigenvalue weighted by atomic mass is 9.31. The Hall–Kier alpha value is -1.42. The number of fused-ring (bicyclic) bond motifs is 5. The average Bonchev–Trinajstić information content (AvgIpc) is 3.25. The molecule has 4 heteroatoms. The third-order valence-corrected chi connectivity index (χ3v) is 15.4. The summed E-state index contributed by atoms with van der Waals surface area (Å²) >= 11 is 0. The van der Waals surface area contributed by atoms with Crippen LogP contribution in [0.1, 0.15) is 113 Å². The lowest BCUT2D eigenvalue weighted by molar-refractivity contribution is -0.686. The molecule has 226 valence electrons. The summed E-state index contributed by atoms with van der Waals surface area (Å²) < 4.78 is 15.0. The first-order valence-electron chi connectivity index (χ1n) is 17.0. The van der Waals surface area contributed by atoms with Gasteiger partial charge in [0, 0.05) is 17.5 Å². The molecule has 6 aliphatic rings. The molecule has 0 spiro atoms. The number of nitrogens with zero attached hydrogens (tertiary/aromatic N) is 1. The Morgan fingerprint density at radius 2 is 1.54 bits per heavy atom. The number of aromatic nitrogens is 1. The van der Waals surface area contributed by atoms with E-state index in [1.165, 1.54) is 57.8 Å². The molecule has 1 aromatic heterocycles. The summed E-state index contributed by atoms with van der Waals surface area (Å²) in [5, 5.41) is 0. The molecule has 0 radical (unpaired) electrons. The molecular formula is C37H56NO3+. The van der Waals surface area contributed by atoms with Gasteiger partial charge < -0.3 is 9.47 Å². The zero-order valence-electron chi connectivity index (χ0n) is 27.0. The zero-order chi connectivity index (χ0) is 29.1. The molecule has 2 heterocycles. The van der Waals surface area contributed by atoms with E-state index in [2.05, 4.69) is 48.5 Å². The molecule has 1 aromatic rings. The number of carbonyl (C=O) groups is 1. The zero-order valence-corrected chi connectivity index (χ0v) is 27.0. The maximum atomic E-state index is 13.1. The highest BCUT2D eigenvalue weighted by Crippen LogP contribution is 2.78. The molecule has 1 unspecified atom stereocenters. The van der Waals surface area contributed by atoms with Crippen LogP contribution in [0.3, 0.4) is 0 Å². The van der Waals surface area contributed by atoms with Crippen molar-refractivity contribution in [1.82, 2.24) is 0 Å². The number of ether oxygens (including phenoxy) is 2. The van der Waals surface area contributed by atoms with Gasteiger partial charge in [0.25, 0.3) is 0 Å². The van der Waals surface area contributed by atoms with E-state index in [9.17, 15) is 4.79 Å². The SMILES string of the molecule is CC1(C)CC[C@]23CC[C@]4(C)[C@H](CC[C@@H]5[C@@]6(C)CCC(OC(=O)C[n+]7ccccc7)C(C)(C)[C@@H]6CC[C@]54C)[C@@H]2[C@H]1OC3. The minimum atomic E-state index is -0.0973. The first-order chi connectivity index (χ1) is 19.3. The van der Waals surface area contributed by atoms with E-state index in [-0.39, 0.29) is 17.5 Å². The quantitative estimate of drug-likeness (QED) is 0.279. The topological polar surface area (TPSA) is 39.4 Å². The maximum Gasteiger partial charge on any atom is 0.372 e. The van der Waals surface area contributed by atoms with Crippen LogP contribution < -0.4 is 4.57 Å². The molecule has 7 rings (SSSR count). The summed E-state index contributed by atoms with van der Waals surface area (Å²) in [5.41, 5.74) is 1.81. The number of rotatable bonds is 3.